The average Bonchev–Trinajstić information content (AvgIpc) is 3.73. The van der Waals surface area contributed by atoms with Crippen LogP contribution in [0.3, 0.4) is 0 Å². The number of rotatable bonds is 5. The van der Waals surface area contributed by atoms with Crippen LogP contribution < -0.4 is 4.90 Å². The number of fused-ring (bicyclic) bond motifs is 7. The maximum absolute atomic E-state index is 6.37. The number of para-hydroxylation sites is 1. The molecule has 0 saturated carbocycles. The van der Waals surface area contributed by atoms with Gasteiger partial charge in [0.15, 0.2) is 0 Å². The Morgan fingerprint density at radius 3 is 1.94 bits per heavy atom. The van der Waals surface area contributed by atoms with Gasteiger partial charge in [-0.05, 0) is 93.7 Å². The van der Waals surface area contributed by atoms with Gasteiger partial charge in [0, 0.05) is 54.1 Å². The first-order chi connectivity index (χ1) is 24.3. The minimum absolute atomic E-state index is 0.877. The molecule has 0 saturated heterocycles. The number of furan rings is 1. The van der Waals surface area contributed by atoms with Gasteiger partial charge in [0.05, 0.1) is 0 Å². The molecule has 2 heterocycles. The van der Waals surface area contributed by atoms with Crippen LogP contribution >= 0.6 is 11.3 Å². The molecule has 3 heteroatoms. The van der Waals surface area contributed by atoms with Crippen molar-refractivity contribution in [3.8, 4) is 22.3 Å². The highest BCUT2D eigenvalue weighted by atomic mass is 32.1. The second-order valence-corrected chi connectivity index (χ2v) is 13.6. The quantitative estimate of drug-likeness (QED) is 0.186. The van der Waals surface area contributed by atoms with Gasteiger partial charge in [-0.15, -0.1) is 11.3 Å². The summed E-state index contributed by atoms with van der Waals surface area (Å²) in [6.07, 6.45) is 0. The second kappa shape index (κ2) is 11.2. The predicted octanol–water partition coefficient (Wildman–Crippen LogP) is 13.9. The molecule has 0 radical (unpaired) electrons. The summed E-state index contributed by atoms with van der Waals surface area (Å²) in [5.41, 5.74) is 9.80. The lowest BCUT2D eigenvalue weighted by atomic mass is 9.98. The van der Waals surface area contributed by atoms with Crippen molar-refractivity contribution < 1.29 is 4.42 Å². The first-order valence-corrected chi connectivity index (χ1v) is 17.4. The molecule has 8 aromatic carbocycles. The molecule has 49 heavy (non-hydrogen) atoms. The minimum atomic E-state index is 0.877. The molecule has 10 rings (SSSR count). The maximum Gasteiger partial charge on any atom is 0.137 e. The highest BCUT2D eigenvalue weighted by Crippen LogP contribution is 2.42. The molecule has 0 fully saturated rings. The lowest BCUT2D eigenvalue weighted by Gasteiger charge is -2.26. The van der Waals surface area contributed by atoms with Crippen LogP contribution in [0.1, 0.15) is 0 Å². The highest BCUT2D eigenvalue weighted by Gasteiger charge is 2.17. The number of benzene rings is 8. The van der Waals surface area contributed by atoms with Crippen molar-refractivity contribution in [3.63, 3.8) is 0 Å². The molecule has 0 atom stereocenters. The van der Waals surface area contributed by atoms with Gasteiger partial charge in [0.25, 0.3) is 0 Å². The summed E-state index contributed by atoms with van der Waals surface area (Å²) in [4.78, 5) is 2.33. The van der Waals surface area contributed by atoms with E-state index in [2.05, 4.69) is 169 Å². The Balaban J connectivity index is 1.12. The van der Waals surface area contributed by atoms with Gasteiger partial charge in [0.1, 0.15) is 11.2 Å². The van der Waals surface area contributed by atoms with Crippen LogP contribution in [0.5, 0.6) is 0 Å². The van der Waals surface area contributed by atoms with E-state index in [0.717, 1.165) is 39.0 Å². The molecular weight excluding hydrogens is 615 g/mol. The molecule has 0 unspecified atom stereocenters. The summed E-state index contributed by atoms with van der Waals surface area (Å²) in [6.45, 7) is 0. The maximum atomic E-state index is 6.37. The third-order valence-corrected chi connectivity index (χ3v) is 10.8. The number of anilines is 3. The van der Waals surface area contributed by atoms with Gasteiger partial charge in [-0.2, -0.15) is 0 Å². The van der Waals surface area contributed by atoms with Gasteiger partial charge in [0.2, 0.25) is 0 Å². The number of nitrogens with zero attached hydrogens (tertiary/aromatic N) is 1. The van der Waals surface area contributed by atoms with E-state index in [9.17, 15) is 0 Å². The third kappa shape index (κ3) is 4.70. The Morgan fingerprint density at radius 1 is 0.367 bits per heavy atom. The van der Waals surface area contributed by atoms with E-state index in [1.807, 2.05) is 23.5 Å². The average molecular weight is 644 g/mol. The number of hydrogen-bond acceptors (Lipinski definition) is 3. The summed E-state index contributed by atoms with van der Waals surface area (Å²) in [5, 5.41) is 7.37. The van der Waals surface area contributed by atoms with Crippen LogP contribution in [0, 0.1) is 0 Å². The van der Waals surface area contributed by atoms with Gasteiger partial charge < -0.3 is 9.32 Å². The van der Waals surface area contributed by atoms with Crippen molar-refractivity contribution in [1.82, 2.24) is 0 Å². The van der Waals surface area contributed by atoms with Crippen LogP contribution in [0.15, 0.2) is 180 Å². The van der Waals surface area contributed by atoms with E-state index in [0.29, 0.717) is 0 Å². The molecular formula is C46H29NOS. The smallest absolute Gasteiger partial charge is 0.137 e. The summed E-state index contributed by atoms with van der Waals surface area (Å²) in [7, 11) is 0. The molecule has 0 N–H and O–H groups in total. The fraction of sp³-hybridized carbons (Fsp3) is 0. The Labute approximate surface area is 287 Å². The molecule has 2 nitrogen and oxygen atoms in total. The number of thiophene rings is 1. The molecule has 10 aromatic rings. The summed E-state index contributed by atoms with van der Waals surface area (Å²) in [6, 6.07) is 63.3. The highest BCUT2D eigenvalue weighted by molar-refractivity contribution is 7.25. The lowest BCUT2D eigenvalue weighted by Crippen LogP contribution is -2.10. The van der Waals surface area contributed by atoms with E-state index < -0.39 is 0 Å². The fourth-order valence-electron chi connectivity index (χ4n) is 7.30. The van der Waals surface area contributed by atoms with Crippen molar-refractivity contribution >= 4 is 81.3 Å². The predicted molar refractivity (Wildman–Crippen MR) is 210 cm³/mol. The SMILES string of the molecule is c1cc(-c2ccc3sc4ccccc4c3c2)cc(N(c2ccc(-c3cccc4ccccc34)cc2)c2ccc3c(c2)oc2ccccc23)c1. The lowest BCUT2D eigenvalue weighted by molar-refractivity contribution is 0.669. The first-order valence-electron chi connectivity index (χ1n) is 16.6. The molecule has 2 aromatic heterocycles. The molecule has 0 aliphatic heterocycles. The largest absolute Gasteiger partial charge is 0.456 e. The molecule has 0 aliphatic carbocycles. The van der Waals surface area contributed by atoms with Crippen LogP contribution in [0.2, 0.25) is 0 Å². The molecule has 0 bridgehead atoms. The Hall–Kier alpha value is -6.16. The van der Waals surface area contributed by atoms with E-state index >= 15 is 0 Å². The number of hydrogen-bond donors (Lipinski definition) is 0. The van der Waals surface area contributed by atoms with Crippen molar-refractivity contribution in [2.45, 2.75) is 0 Å². The second-order valence-electron chi connectivity index (χ2n) is 12.5. The molecule has 230 valence electrons. The Bertz CT molecular complexity index is 2840. The minimum Gasteiger partial charge on any atom is -0.456 e. The van der Waals surface area contributed by atoms with Crippen LogP contribution in [0.25, 0.3) is 75.1 Å². The summed E-state index contributed by atoms with van der Waals surface area (Å²) >= 11 is 1.85. The van der Waals surface area contributed by atoms with E-state index in [-0.39, 0.29) is 0 Å². The van der Waals surface area contributed by atoms with Crippen molar-refractivity contribution in [1.29, 1.82) is 0 Å². The zero-order chi connectivity index (χ0) is 32.3. The Morgan fingerprint density at radius 2 is 1.02 bits per heavy atom. The van der Waals surface area contributed by atoms with Gasteiger partial charge in [-0.25, -0.2) is 0 Å². The van der Waals surface area contributed by atoms with Gasteiger partial charge in [-0.3, -0.25) is 0 Å². The zero-order valence-electron chi connectivity index (χ0n) is 26.5. The van der Waals surface area contributed by atoms with Crippen molar-refractivity contribution in [3.05, 3.63) is 176 Å². The topological polar surface area (TPSA) is 16.4 Å². The van der Waals surface area contributed by atoms with Gasteiger partial charge in [-0.1, -0.05) is 109 Å². The van der Waals surface area contributed by atoms with E-state index in [1.165, 1.54) is 53.2 Å². The summed E-state index contributed by atoms with van der Waals surface area (Å²) in [5.74, 6) is 0. The molecule has 0 spiro atoms. The summed E-state index contributed by atoms with van der Waals surface area (Å²) < 4.78 is 9.00. The zero-order valence-corrected chi connectivity index (χ0v) is 27.3. The van der Waals surface area contributed by atoms with Crippen LogP contribution in [0.4, 0.5) is 17.1 Å². The van der Waals surface area contributed by atoms with Crippen molar-refractivity contribution in [2.75, 3.05) is 4.90 Å². The first kappa shape index (κ1) is 27.9. The monoisotopic (exact) mass is 643 g/mol. The van der Waals surface area contributed by atoms with Gasteiger partial charge >= 0.3 is 0 Å². The Kier molecular flexibility index (Phi) is 6.39. The third-order valence-electron chi connectivity index (χ3n) is 9.66. The molecule has 0 amide bonds. The van der Waals surface area contributed by atoms with Crippen molar-refractivity contribution in [2.24, 2.45) is 0 Å². The van der Waals surface area contributed by atoms with Crippen LogP contribution in [-0.4, -0.2) is 0 Å². The van der Waals surface area contributed by atoms with E-state index in [4.69, 9.17) is 4.42 Å². The fourth-order valence-corrected chi connectivity index (χ4v) is 8.38. The van der Waals surface area contributed by atoms with E-state index in [1.54, 1.807) is 0 Å². The normalized spacial score (nSPS) is 11.7. The standard InChI is InChI=1S/C46H29NOS/c1-2-13-37-30(9-1)10-8-16-38(37)31-19-22-34(23-20-31)47(36-24-25-40-39-14-3-5-17-43(39)48-44(40)29-36)35-12-7-11-32(27-35)33-21-26-46-42(28-33)41-15-4-6-18-45(41)49-46/h1-29H. The molecule has 0 aliphatic rings. The van der Waals surface area contributed by atoms with Crippen LogP contribution in [-0.2, 0) is 0 Å².